The Labute approximate surface area is 63.1 Å². The molecule has 0 aromatic rings. The first-order valence-corrected chi connectivity index (χ1v) is 4.23. The molecule has 0 saturated heterocycles. The smallest absolute Gasteiger partial charge is 0.0647 e. The van der Waals surface area contributed by atoms with Gasteiger partial charge in [-0.3, -0.25) is 0 Å². The first-order chi connectivity index (χ1) is 5.00. The largest absolute Gasteiger partial charge is 0.377 e. The number of hydrogen-bond donors (Lipinski definition) is 0. The molecule has 0 bridgehead atoms. The first-order valence-electron chi connectivity index (χ1n) is 4.23. The molecule has 0 amide bonds. The second-order valence-electron chi connectivity index (χ2n) is 2.75. The number of hydrogen-bond acceptors (Lipinski definition) is 1. The van der Waals surface area contributed by atoms with Crippen molar-refractivity contribution in [2.24, 2.45) is 0 Å². The molecule has 0 spiro atoms. The van der Waals surface area contributed by atoms with Gasteiger partial charge in [-0.1, -0.05) is 25.0 Å². The molecule has 1 heterocycles. The molecule has 0 fully saturated rings. The van der Waals surface area contributed by atoms with Gasteiger partial charge in [-0.25, -0.2) is 0 Å². The zero-order chi connectivity index (χ0) is 7.07. The van der Waals surface area contributed by atoms with Crippen molar-refractivity contribution in [3.63, 3.8) is 0 Å². The van der Waals surface area contributed by atoms with E-state index in [0.717, 1.165) is 13.2 Å². The molecule has 0 aromatic carbocycles. The lowest BCUT2D eigenvalue weighted by atomic mass is 10.1. The summed E-state index contributed by atoms with van der Waals surface area (Å²) < 4.78 is 5.32. The summed E-state index contributed by atoms with van der Waals surface area (Å²) >= 11 is 0. The summed E-state index contributed by atoms with van der Waals surface area (Å²) in [5.41, 5.74) is 0. The van der Waals surface area contributed by atoms with Crippen LogP contribution in [0.4, 0.5) is 0 Å². The quantitative estimate of drug-likeness (QED) is 0.470. The average Bonchev–Trinajstić information content (AvgIpc) is 2.01. The Morgan fingerprint density at radius 3 is 2.80 bits per heavy atom. The highest BCUT2D eigenvalue weighted by atomic mass is 16.5. The maximum absolute atomic E-state index is 5.32. The third kappa shape index (κ3) is 3.67. The predicted molar refractivity (Wildman–Crippen MR) is 43.0 cm³/mol. The van der Waals surface area contributed by atoms with E-state index >= 15 is 0 Å². The Kier molecular flexibility index (Phi) is 4.28. The van der Waals surface area contributed by atoms with Crippen molar-refractivity contribution in [1.29, 1.82) is 0 Å². The maximum Gasteiger partial charge on any atom is 0.0647 e. The van der Waals surface area contributed by atoms with E-state index in [2.05, 4.69) is 12.2 Å². The minimum Gasteiger partial charge on any atom is -0.377 e. The highest BCUT2D eigenvalue weighted by Gasteiger charge is 1.91. The average molecular weight is 140 g/mol. The van der Waals surface area contributed by atoms with Crippen LogP contribution in [0.3, 0.4) is 0 Å². The Morgan fingerprint density at radius 2 is 1.80 bits per heavy atom. The fourth-order valence-electron chi connectivity index (χ4n) is 1.16. The molecule has 0 aromatic heterocycles. The van der Waals surface area contributed by atoms with E-state index in [9.17, 15) is 0 Å². The Morgan fingerprint density at radius 1 is 0.900 bits per heavy atom. The SMILES string of the molecule is C1=CCOCCCCCC1. The molecule has 1 aliphatic heterocycles. The zero-order valence-corrected chi connectivity index (χ0v) is 6.51. The molecular formula is C9H16O. The topological polar surface area (TPSA) is 9.23 Å². The predicted octanol–water partition coefficient (Wildman–Crippen LogP) is 2.52. The van der Waals surface area contributed by atoms with Gasteiger partial charge in [0.1, 0.15) is 0 Å². The highest BCUT2D eigenvalue weighted by Crippen LogP contribution is 2.05. The van der Waals surface area contributed by atoms with Gasteiger partial charge in [0.2, 0.25) is 0 Å². The lowest BCUT2D eigenvalue weighted by Crippen LogP contribution is -1.95. The van der Waals surface area contributed by atoms with Gasteiger partial charge < -0.3 is 4.74 Å². The van der Waals surface area contributed by atoms with E-state index in [1.807, 2.05) is 0 Å². The molecule has 1 heteroatoms. The van der Waals surface area contributed by atoms with Crippen molar-refractivity contribution in [2.45, 2.75) is 32.1 Å². The molecule has 1 aliphatic rings. The number of ether oxygens (including phenoxy) is 1. The second kappa shape index (κ2) is 5.48. The van der Waals surface area contributed by atoms with Crippen LogP contribution in [0.25, 0.3) is 0 Å². The zero-order valence-electron chi connectivity index (χ0n) is 6.51. The van der Waals surface area contributed by atoms with E-state index < -0.39 is 0 Å². The van der Waals surface area contributed by atoms with E-state index in [-0.39, 0.29) is 0 Å². The molecule has 0 aliphatic carbocycles. The van der Waals surface area contributed by atoms with Crippen LogP contribution >= 0.6 is 0 Å². The third-order valence-electron chi connectivity index (χ3n) is 1.79. The molecule has 0 N–H and O–H groups in total. The minimum absolute atomic E-state index is 0.819. The van der Waals surface area contributed by atoms with Crippen LogP contribution in [0.1, 0.15) is 32.1 Å². The molecular weight excluding hydrogens is 124 g/mol. The van der Waals surface area contributed by atoms with Crippen LogP contribution in [0.2, 0.25) is 0 Å². The third-order valence-corrected chi connectivity index (χ3v) is 1.79. The summed E-state index contributed by atoms with van der Waals surface area (Å²) in [4.78, 5) is 0. The van der Waals surface area contributed by atoms with Gasteiger partial charge in [0.05, 0.1) is 6.61 Å². The van der Waals surface area contributed by atoms with Gasteiger partial charge in [0.15, 0.2) is 0 Å². The van der Waals surface area contributed by atoms with Crippen molar-refractivity contribution in [3.8, 4) is 0 Å². The normalized spacial score (nSPS) is 22.4. The van der Waals surface area contributed by atoms with Crippen molar-refractivity contribution >= 4 is 0 Å². The monoisotopic (exact) mass is 140 g/mol. The van der Waals surface area contributed by atoms with Crippen LogP contribution in [-0.4, -0.2) is 13.2 Å². The summed E-state index contributed by atoms with van der Waals surface area (Å²) in [6.07, 6.45) is 10.9. The molecule has 0 atom stereocenters. The van der Waals surface area contributed by atoms with Crippen LogP contribution in [0.15, 0.2) is 12.2 Å². The standard InChI is InChI=1S/C9H16O/c1-2-4-6-8-10-9-7-5-3-1/h4,6H,1-3,5,7-9H2. The highest BCUT2D eigenvalue weighted by molar-refractivity contribution is 4.81. The molecule has 0 saturated carbocycles. The van der Waals surface area contributed by atoms with E-state index in [0.29, 0.717) is 0 Å². The summed E-state index contributed by atoms with van der Waals surface area (Å²) in [5, 5.41) is 0. The minimum atomic E-state index is 0.819. The lowest BCUT2D eigenvalue weighted by molar-refractivity contribution is 0.156. The first kappa shape index (κ1) is 7.80. The molecule has 0 radical (unpaired) electrons. The van der Waals surface area contributed by atoms with Crippen LogP contribution in [-0.2, 0) is 4.74 Å². The van der Waals surface area contributed by atoms with E-state index in [1.165, 1.54) is 32.1 Å². The second-order valence-corrected chi connectivity index (χ2v) is 2.75. The van der Waals surface area contributed by atoms with Gasteiger partial charge in [0.25, 0.3) is 0 Å². The van der Waals surface area contributed by atoms with Crippen molar-refractivity contribution in [3.05, 3.63) is 12.2 Å². The van der Waals surface area contributed by atoms with E-state index in [1.54, 1.807) is 0 Å². The lowest BCUT2D eigenvalue weighted by Gasteiger charge is -2.03. The fraction of sp³-hybridized carbons (Fsp3) is 0.778. The molecule has 10 heavy (non-hydrogen) atoms. The molecule has 1 nitrogen and oxygen atoms in total. The summed E-state index contributed by atoms with van der Waals surface area (Å²) in [5.74, 6) is 0. The van der Waals surface area contributed by atoms with Crippen LogP contribution < -0.4 is 0 Å². The van der Waals surface area contributed by atoms with Crippen molar-refractivity contribution in [1.82, 2.24) is 0 Å². The van der Waals surface area contributed by atoms with Crippen molar-refractivity contribution in [2.75, 3.05) is 13.2 Å². The van der Waals surface area contributed by atoms with Gasteiger partial charge in [-0.05, 0) is 19.3 Å². The molecule has 0 unspecified atom stereocenters. The Balaban J connectivity index is 2.13. The van der Waals surface area contributed by atoms with Gasteiger partial charge >= 0.3 is 0 Å². The number of rotatable bonds is 0. The van der Waals surface area contributed by atoms with Gasteiger partial charge in [0, 0.05) is 6.61 Å². The van der Waals surface area contributed by atoms with Gasteiger partial charge in [-0.2, -0.15) is 0 Å². The van der Waals surface area contributed by atoms with Gasteiger partial charge in [-0.15, -0.1) is 0 Å². The van der Waals surface area contributed by atoms with Crippen LogP contribution in [0.5, 0.6) is 0 Å². The fourth-order valence-corrected chi connectivity index (χ4v) is 1.16. The Bertz CT molecular complexity index is 84.9. The number of allylic oxidation sites excluding steroid dienone is 1. The maximum atomic E-state index is 5.32. The summed E-state index contributed by atoms with van der Waals surface area (Å²) in [7, 11) is 0. The molecule has 58 valence electrons. The van der Waals surface area contributed by atoms with E-state index in [4.69, 9.17) is 4.74 Å². The van der Waals surface area contributed by atoms with Crippen LogP contribution in [0, 0.1) is 0 Å². The summed E-state index contributed by atoms with van der Waals surface area (Å²) in [6, 6.07) is 0. The molecule has 1 rings (SSSR count). The van der Waals surface area contributed by atoms with Crippen molar-refractivity contribution < 1.29 is 4.74 Å². The Hall–Kier alpha value is -0.300. The summed E-state index contributed by atoms with van der Waals surface area (Å²) in [6.45, 7) is 1.77.